The molecule has 8 rings (SSSR count). The maximum absolute atomic E-state index is 14.0. The summed E-state index contributed by atoms with van der Waals surface area (Å²) in [6, 6.07) is 6.19. The maximum atomic E-state index is 14.0. The fraction of sp³-hybridized carbons (Fsp3) is 0.640. The summed E-state index contributed by atoms with van der Waals surface area (Å²) in [5, 5.41) is 4.65. The van der Waals surface area contributed by atoms with Gasteiger partial charge in [-0.3, -0.25) is 9.69 Å². The van der Waals surface area contributed by atoms with Crippen LogP contribution in [0.5, 0.6) is 11.5 Å². The van der Waals surface area contributed by atoms with Crippen LogP contribution in [-0.2, 0) is 16.9 Å². The predicted molar refractivity (Wildman–Crippen MR) is 127 cm³/mol. The largest absolute Gasteiger partial charge is 0.454 e. The number of halogens is 1. The Kier molecular flexibility index (Phi) is 4.79. The van der Waals surface area contributed by atoms with Crippen LogP contribution in [0.1, 0.15) is 44.1 Å². The van der Waals surface area contributed by atoms with Crippen LogP contribution < -0.4 is 9.47 Å². The summed E-state index contributed by atoms with van der Waals surface area (Å²) in [5.41, 5.74) is 0.966. The molecular weight excluding hydrogens is 498 g/mol. The molecule has 0 N–H and O–H groups in total. The quantitative estimate of drug-likeness (QED) is 0.606. The van der Waals surface area contributed by atoms with Crippen molar-refractivity contribution in [3.8, 4) is 11.5 Å². The van der Waals surface area contributed by atoms with E-state index in [1.54, 1.807) is 0 Å². The Balaban J connectivity index is 1.04. The minimum atomic E-state index is -0.220. The number of nitrogens with zero attached hydrogens (tertiary/aromatic N) is 5. The molecule has 9 heteroatoms. The van der Waals surface area contributed by atoms with Crippen LogP contribution in [0.25, 0.3) is 0 Å². The van der Waals surface area contributed by atoms with Crippen molar-refractivity contribution in [2.75, 3.05) is 33.0 Å². The van der Waals surface area contributed by atoms with Gasteiger partial charge in [0, 0.05) is 32.7 Å². The number of piperazine rings is 1. The van der Waals surface area contributed by atoms with E-state index in [0.29, 0.717) is 29.3 Å². The molecule has 0 radical (unpaired) electrons. The third-order valence-corrected chi connectivity index (χ3v) is 9.30. The Labute approximate surface area is 207 Å². The lowest BCUT2D eigenvalue weighted by Gasteiger charge is -2.61. The Hall–Kier alpha value is -2.13. The number of carbonyl (C=O) groups is 1. The van der Waals surface area contributed by atoms with Crippen LogP contribution in [0, 0.1) is 17.3 Å². The van der Waals surface area contributed by atoms with Gasteiger partial charge in [0.15, 0.2) is 11.5 Å². The molecule has 6 aliphatic rings. The summed E-state index contributed by atoms with van der Waals surface area (Å²) in [6.07, 6.45) is 8.43. The van der Waals surface area contributed by atoms with Crippen molar-refractivity contribution in [3.05, 3.63) is 34.8 Å². The second-order valence-corrected chi connectivity index (χ2v) is 11.9. The van der Waals surface area contributed by atoms with Crippen molar-refractivity contribution >= 4 is 21.8 Å². The second-order valence-electron chi connectivity index (χ2n) is 11.2. The summed E-state index contributed by atoms with van der Waals surface area (Å²) in [5.74, 6) is 3.31. The number of benzene rings is 1. The molecular formula is C25H30BrN5O3. The molecule has 4 saturated carbocycles. The van der Waals surface area contributed by atoms with Gasteiger partial charge in [-0.25, -0.2) is 9.67 Å². The monoisotopic (exact) mass is 527 g/mol. The normalized spacial score (nSPS) is 34.1. The first kappa shape index (κ1) is 21.2. The Morgan fingerprint density at radius 2 is 1.82 bits per heavy atom. The van der Waals surface area contributed by atoms with E-state index in [2.05, 4.69) is 52.6 Å². The highest BCUT2D eigenvalue weighted by atomic mass is 79.9. The van der Waals surface area contributed by atoms with Crippen LogP contribution in [0.2, 0.25) is 0 Å². The smallest absolute Gasteiger partial charge is 0.231 e. The lowest BCUT2D eigenvalue weighted by atomic mass is 9.46. The Morgan fingerprint density at radius 3 is 2.56 bits per heavy atom. The molecule has 2 aromatic rings. The predicted octanol–water partition coefficient (Wildman–Crippen LogP) is 3.41. The molecule has 1 aromatic carbocycles. The van der Waals surface area contributed by atoms with E-state index < -0.39 is 0 Å². The Bertz CT molecular complexity index is 1110. The minimum Gasteiger partial charge on any atom is -0.454 e. The third kappa shape index (κ3) is 3.38. The van der Waals surface area contributed by atoms with E-state index in [1.807, 2.05) is 12.4 Å². The van der Waals surface area contributed by atoms with Gasteiger partial charge in [0.1, 0.15) is 6.33 Å². The van der Waals surface area contributed by atoms with Crippen LogP contribution in [0.3, 0.4) is 0 Å². The van der Waals surface area contributed by atoms with E-state index >= 15 is 0 Å². The summed E-state index contributed by atoms with van der Waals surface area (Å²) < 4.78 is 13.7. The number of carbonyl (C=O) groups excluding carboxylic acids is 1. The molecule has 34 heavy (non-hydrogen) atoms. The highest BCUT2D eigenvalue weighted by Crippen LogP contribution is 2.64. The zero-order valence-electron chi connectivity index (χ0n) is 19.3. The molecule has 1 saturated heterocycles. The number of rotatable bonds is 4. The van der Waals surface area contributed by atoms with Crippen LogP contribution in [0.4, 0.5) is 0 Å². The van der Waals surface area contributed by atoms with Crippen molar-refractivity contribution in [1.82, 2.24) is 24.6 Å². The van der Waals surface area contributed by atoms with Gasteiger partial charge in [-0.15, -0.1) is 5.10 Å². The van der Waals surface area contributed by atoms with Gasteiger partial charge in [-0.2, -0.15) is 0 Å². The van der Waals surface area contributed by atoms with Crippen LogP contribution in [-0.4, -0.2) is 63.4 Å². The lowest BCUT2D eigenvalue weighted by molar-refractivity contribution is -0.168. The van der Waals surface area contributed by atoms with E-state index in [4.69, 9.17) is 9.47 Å². The van der Waals surface area contributed by atoms with Crippen LogP contribution >= 0.6 is 15.9 Å². The van der Waals surface area contributed by atoms with Gasteiger partial charge in [-0.1, -0.05) is 6.07 Å². The van der Waals surface area contributed by atoms with Gasteiger partial charge in [0.25, 0.3) is 0 Å². The van der Waals surface area contributed by atoms with E-state index in [1.165, 1.54) is 12.0 Å². The van der Waals surface area contributed by atoms with Crippen LogP contribution in [0.15, 0.2) is 29.3 Å². The first-order valence-corrected chi connectivity index (χ1v) is 13.3. The van der Waals surface area contributed by atoms with Crippen molar-refractivity contribution in [2.24, 2.45) is 17.3 Å². The topological polar surface area (TPSA) is 72.7 Å². The van der Waals surface area contributed by atoms with Gasteiger partial charge in [0.2, 0.25) is 17.4 Å². The molecule has 2 unspecified atom stereocenters. The highest BCUT2D eigenvalue weighted by molar-refractivity contribution is 9.10. The summed E-state index contributed by atoms with van der Waals surface area (Å²) >= 11 is 3.42. The standard InChI is InChI=1S/C25H30BrN5O3/c26-23-27-15-31(28-23)25-11-18-7-19(12-25)10-24(9-18,14-25)22(32)30-5-3-29(4-6-30)13-17-1-2-20-21(8-17)34-16-33-20/h1-2,8,15,18-19H,3-7,9-14,16H2. The summed E-state index contributed by atoms with van der Waals surface area (Å²) in [6.45, 7) is 4.61. The van der Waals surface area contributed by atoms with Gasteiger partial charge in [0.05, 0.1) is 11.0 Å². The van der Waals surface area contributed by atoms with E-state index in [9.17, 15) is 4.79 Å². The van der Waals surface area contributed by atoms with Crippen molar-refractivity contribution in [1.29, 1.82) is 0 Å². The first-order valence-electron chi connectivity index (χ1n) is 12.5. The Morgan fingerprint density at radius 1 is 1.06 bits per heavy atom. The van der Waals surface area contributed by atoms with Crippen molar-refractivity contribution in [3.63, 3.8) is 0 Å². The first-order chi connectivity index (χ1) is 16.5. The molecule has 3 heterocycles. The number of aromatic nitrogens is 3. The van der Waals surface area contributed by atoms with Gasteiger partial charge >= 0.3 is 0 Å². The third-order valence-electron chi connectivity index (χ3n) is 8.94. The molecule has 4 aliphatic carbocycles. The van der Waals surface area contributed by atoms with E-state index in [-0.39, 0.29) is 11.0 Å². The summed E-state index contributed by atoms with van der Waals surface area (Å²) in [4.78, 5) is 23.0. The van der Waals surface area contributed by atoms with Crippen molar-refractivity contribution < 1.29 is 14.3 Å². The molecule has 5 fully saturated rings. The molecule has 2 aliphatic heterocycles. The number of hydrogen-bond acceptors (Lipinski definition) is 6. The average Bonchev–Trinajstić information content (AvgIpc) is 3.47. The SMILES string of the molecule is O=C(N1CCN(Cc2ccc3c(c2)OCO3)CC1)C12CC3CC(C1)CC(n1cnc(Br)n1)(C3)C2. The minimum absolute atomic E-state index is 0.0417. The van der Waals surface area contributed by atoms with Crippen molar-refractivity contribution in [2.45, 2.75) is 50.6 Å². The molecule has 4 bridgehead atoms. The highest BCUT2D eigenvalue weighted by Gasteiger charge is 2.62. The fourth-order valence-corrected chi connectivity index (χ4v) is 8.21. The number of hydrogen-bond donors (Lipinski definition) is 0. The summed E-state index contributed by atoms with van der Waals surface area (Å²) in [7, 11) is 0. The van der Waals surface area contributed by atoms with Gasteiger partial charge < -0.3 is 14.4 Å². The molecule has 1 aromatic heterocycles. The number of fused-ring (bicyclic) bond motifs is 1. The molecule has 0 spiro atoms. The zero-order chi connectivity index (χ0) is 22.9. The number of amides is 1. The zero-order valence-corrected chi connectivity index (χ0v) is 20.9. The molecule has 8 nitrogen and oxygen atoms in total. The fourth-order valence-electron chi connectivity index (χ4n) is 7.95. The number of ether oxygens (including phenoxy) is 2. The lowest BCUT2D eigenvalue weighted by Crippen LogP contribution is -2.62. The van der Waals surface area contributed by atoms with Gasteiger partial charge in [-0.05, 0) is 84.0 Å². The van der Waals surface area contributed by atoms with E-state index in [0.717, 1.165) is 76.3 Å². The molecule has 1 amide bonds. The second kappa shape index (κ2) is 7.68. The average molecular weight is 528 g/mol. The maximum Gasteiger partial charge on any atom is 0.231 e. The molecule has 180 valence electrons. The molecule has 2 atom stereocenters.